The number of benzene rings is 1. The quantitative estimate of drug-likeness (QED) is 0.594. The van der Waals surface area contributed by atoms with Gasteiger partial charge in [0.15, 0.2) is 0 Å². The Morgan fingerprint density at radius 1 is 1.43 bits per heavy atom. The molecule has 0 amide bonds. The Balaban J connectivity index is 2.99. The molecule has 0 spiro atoms. The van der Waals surface area contributed by atoms with Gasteiger partial charge in [0.25, 0.3) is 5.69 Å². The zero-order valence-corrected chi connectivity index (χ0v) is 8.18. The van der Waals surface area contributed by atoms with E-state index in [1.165, 1.54) is 12.1 Å². The summed E-state index contributed by atoms with van der Waals surface area (Å²) in [4.78, 5) is 10.0. The summed E-state index contributed by atoms with van der Waals surface area (Å²) in [6.07, 6.45) is -0.644. The molecule has 0 saturated heterocycles. The highest BCUT2D eigenvalue weighted by atomic mass is 16.6. The van der Waals surface area contributed by atoms with Crippen LogP contribution in [-0.2, 0) is 0 Å². The lowest BCUT2D eigenvalue weighted by molar-refractivity contribution is -0.385. The highest BCUT2D eigenvalue weighted by Gasteiger charge is 2.14. The topological polar surface area (TPSA) is 63.4 Å². The van der Waals surface area contributed by atoms with Gasteiger partial charge in [-0.3, -0.25) is 10.1 Å². The lowest BCUT2D eigenvalue weighted by atomic mass is 9.99. The van der Waals surface area contributed by atoms with Crippen LogP contribution in [0.1, 0.15) is 25.5 Å². The predicted molar refractivity (Wildman–Crippen MR) is 52.9 cm³/mol. The number of nitrogens with zero attached hydrogens (tertiary/aromatic N) is 1. The van der Waals surface area contributed by atoms with Crippen molar-refractivity contribution in [3.8, 4) is 0 Å². The van der Waals surface area contributed by atoms with Gasteiger partial charge in [0.1, 0.15) is 0 Å². The van der Waals surface area contributed by atoms with Crippen LogP contribution in [0.2, 0.25) is 0 Å². The summed E-state index contributed by atoms with van der Waals surface area (Å²) >= 11 is 0. The highest BCUT2D eigenvalue weighted by Crippen LogP contribution is 2.24. The number of rotatable bonds is 3. The van der Waals surface area contributed by atoms with Gasteiger partial charge in [0.2, 0.25) is 0 Å². The Kier molecular flexibility index (Phi) is 3.19. The van der Waals surface area contributed by atoms with Crippen LogP contribution in [0.3, 0.4) is 0 Å². The van der Waals surface area contributed by atoms with Crippen molar-refractivity contribution in [2.75, 3.05) is 0 Å². The third-order valence-electron chi connectivity index (χ3n) is 2.05. The standard InChI is InChI=1S/C10H13NO3/c1-7(2)10(12)8-4-3-5-9(6-8)11(13)14/h3-7,10,12H,1-2H3/t10-/m1/s1. The molecule has 1 aromatic rings. The van der Waals surface area contributed by atoms with Crippen LogP contribution >= 0.6 is 0 Å². The van der Waals surface area contributed by atoms with E-state index in [0.29, 0.717) is 5.56 Å². The molecule has 1 rings (SSSR count). The first-order valence-electron chi connectivity index (χ1n) is 4.45. The predicted octanol–water partition coefficient (Wildman–Crippen LogP) is 2.28. The Morgan fingerprint density at radius 3 is 2.57 bits per heavy atom. The third kappa shape index (κ3) is 2.29. The molecule has 0 unspecified atom stereocenters. The maximum atomic E-state index is 10.5. The van der Waals surface area contributed by atoms with Crippen molar-refractivity contribution in [2.24, 2.45) is 5.92 Å². The van der Waals surface area contributed by atoms with E-state index in [1.807, 2.05) is 13.8 Å². The SMILES string of the molecule is CC(C)[C@@H](O)c1cccc([N+](=O)[O-])c1. The molecule has 0 aliphatic rings. The van der Waals surface area contributed by atoms with Gasteiger partial charge < -0.3 is 5.11 Å². The Hall–Kier alpha value is -1.42. The first-order chi connectivity index (χ1) is 6.52. The second-order valence-corrected chi connectivity index (χ2v) is 3.54. The molecular formula is C10H13NO3. The summed E-state index contributed by atoms with van der Waals surface area (Å²) in [6, 6.07) is 6.10. The van der Waals surface area contributed by atoms with Crippen molar-refractivity contribution in [1.29, 1.82) is 0 Å². The molecule has 0 aliphatic carbocycles. The van der Waals surface area contributed by atoms with Gasteiger partial charge in [0, 0.05) is 12.1 Å². The monoisotopic (exact) mass is 195 g/mol. The number of hydrogen-bond acceptors (Lipinski definition) is 3. The van der Waals surface area contributed by atoms with Crippen molar-refractivity contribution in [1.82, 2.24) is 0 Å². The maximum Gasteiger partial charge on any atom is 0.269 e. The van der Waals surface area contributed by atoms with Crippen LogP contribution in [0.15, 0.2) is 24.3 Å². The number of aliphatic hydroxyl groups excluding tert-OH is 1. The van der Waals surface area contributed by atoms with Crippen molar-refractivity contribution >= 4 is 5.69 Å². The van der Waals surface area contributed by atoms with E-state index in [2.05, 4.69) is 0 Å². The summed E-state index contributed by atoms with van der Waals surface area (Å²) in [5.41, 5.74) is 0.608. The molecule has 0 aliphatic heterocycles. The Bertz CT molecular complexity index is 336. The molecule has 0 fully saturated rings. The first kappa shape index (κ1) is 10.7. The molecule has 1 aromatic carbocycles. The second-order valence-electron chi connectivity index (χ2n) is 3.54. The smallest absolute Gasteiger partial charge is 0.269 e. The maximum absolute atomic E-state index is 10.5. The van der Waals surface area contributed by atoms with Gasteiger partial charge in [-0.15, -0.1) is 0 Å². The normalized spacial score (nSPS) is 12.9. The molecule has 1 N–H and O–H groups in total. The summed E-state index contributed by atoms with van der Waals surface area (Å²) in [6.45, 7) is 3.73. The van der Waals surface area contributed by atoms with E-state index in [0.717, 1.165) is 0 Å². The minimum atomic E-state index is -0.644. The summed E-state index contributed by atoms with van der Waals surface area (Å²) in [5.74, 6) is 0.0528. The van der Waals surface area contributed by atoms with Gasteiger partial charge in [-0.05, 0) is 11.5 Å². The number of hydrogen-bond donors (Lipinski definition) is 1. The van der Waals surface area contributed by atoms with Crippen LogP contribution in [-0.4, -0.2) is 10.0 Å². The van der Waals surface area contributed by atoms with Crippen molar-refractivity contribution in [2.45, 2.75) is 20.0 Å². The molecule has 0 bridgehead atoms. The van der Waals surface area contributed by atoms with E-state index >= 15 is 0 Å². The van der Waals surface area contributed by atoms with Gasteiger partial charge in [-0.25, -0.2) is 0 Å². The van der Waals surface area contributed by atoms with Crippen molar-refractivity contribution in [3.05, 3.63) is 39.9 Å². The lowest BCUT2D eigenvalue weighted by Gasteiger charge is -2.13. The van der Waals surface area contributed by atoms with Crippen molar-refractivity contribution in [3.63, 3.8) is 0 Å². The van der Waals surface area contributed by atoms with Crippen LogP contribution in [0.25, 0.3) is 0 Å². The molecule has 0 saturated carbocycles. The minimum Gasteiger partial charge on any atom is -0.388 e. The number of aliphatic hydroxyl groups is 1. The summed E-state index contributed by atoms with van der Waals surface area (Å²) < 4.78 is 0. The van der Waals surface area contributed by atoms with E-state index in [9.17, 15) is 15.2 Å². The highest BCUT2D eigenvalue weighted by molar-refractivity contribution is 5.35. The van der Waals surface area contributed by atoms with Gasteiger partial charge >= 0.3 is 0 Å². The molecule has 4 nitrogen and oxygen atoms in total. The van der Waals surface area contributed by atoms with Gasteiger partial charge in [0.05, 0.1) is 11.0 Å². The van der Waals surface area contributed by atoms with Crippen LogP contribution in [0.4, 0.5) is 5.69 Å². The zero-order valence-electron chi connectivity index (χ0n) is 8.18. The first-order valence-corrected chi connectivity index (χ1v) is 4.45. The van der Waals surface area contributed by atoms with Crippen LogP contribution in [0.5, 0.6) is 0 Å². The molecule has 0 aromatic heterocycles. The number of non-ortho nitro benzene ring substituents is 1. The molecule has 0 radical (unpaired) electrons. The number of nitro groups is 1. The average molecular weight is 195 g/mol. The van der Waals surface area contributed by atoms with Crippen molar-refractivity contribution < 1.29 is 10.0 Å². The van der Waals surface area contributed by atoms with E-state index in [-0.39, 0.29) is 11.6 Å². The Morgan fingerprint density at radius 2 is 2.07 bits per heavy atom. The fraction of sp³-hybridized carbons (Fsp3) is 0.400. The number of nitro benzene ring substituents is 1. The Labute approximate surface area is 82.3 Å². The molecule has 4 heteroatoms. The third-order valence-corrected chi connectivity index (χ3v) is 2.05. The molecule has 1 atom stereocenters. The van der Waals surface area contributed by atoms with E-state index < -0.39 is 11.0 Å². The van der Waals surface area contributed by atoms with Crippen LogP contribution in [0, 0.1) is 16.0 Å². The van der Waals surface area contributed by atoms with E-state index in [1.54, 1.807) is 12.1 Å². The zero-order chi connectivity index (χ0) is 10.7. The fourth-order valence-corrected chi connectivity index (χ4v) is 1.21. The fourth-order valence-electron chi connectivity index (χ4n) is 1.21. The molecule has 14 heavy (non-hydrogen) atoms. The molecule has 0 heterocycles. The largest absolute Gasteiger partial charge is 0.388 e. The lowest BCUT2D eigenvalue weighted by Crippen LogP contribution is -2.05. The molecular weight excluding hydrogens is 182 g/mol. The average Bonchev–Trinajstić information content (AvgIpc) is 2.16. The van der Waals surface area contributed by atoms with Gasteiger partial charge in [-0.1, -0.05) is 26.0 Å². The van der Waals surface area contributed by atoms with Gasteiger partial charge in [-0.2, -0.15) is 0 Å². The summed E-state index contributed by atoms with van der Waals surface area (Å²) in [7, 11) is 0. The van der Waals surface area contributed by atoms with Crippen LogP contribution < -0.4 is 0 Å². The minimum absolute atomic E-state index is 0.0159. The second kappa shape index (κ2) is 4.19. The van der Waals surface area contributed by atoms with E-state index in [4.69, 9.17) is 0 Å². The summed E-state index contributed by atoms with van der Waals surface area (Å²) in [5, 5.41) is 20.2. The molecule has 76 valence electrons.